The lowest BCUT2D eigenvalue weighted by Crippen LogP contribution is -2.56. The predicted molar refractivity (Wildman–Crippen MR) is 90.0 cm³/mol. The zero-order chi connectivity index (χ0) is 15.4. The zero-order valence-electron chi connectivity index (χ0n) is 13.1. The molecule has 6 heteroatoms. The third kappa shape index (κ3) is 3.48. The van der Waals surface area contributed by atoms with Gasteiger partial charge < -0.3 is 10.2 Å². The molecule has 1 N–H and O–H groups in total. The summed E-state index contributed by atoms with van der Waals surface area (Å²) in [6.45, 7) is 8.96. The van der Waals surface area contributed by atoms with E-state index in [1.54, 1.807) is 0 Å². The minimum atomic E-state index is -0.0317. The number of nitrogens with zero attached hydrogens (tertiary/aromatic N) is 3. The van der Waals surface area contributed by atoms with Crippen molar-refractivity contribution < 1.29 is 0 Å². The molecule has 21 heavy (non-hydrogen) atoms. The number of nitrogens with one attached hydrogen (secondary N) is 1. The first-order chi connectivity index (χ1) is 10.1. The number of rotatable bonds is 5. The van der Waals surface area contributed by atoms with Gasteiger partial charge in [0.25, 0.3) is 5.56 Å². The summed E-state index contributed by atoms with van der Waals surface area (Å²) < 4.78 is 2.18. The average Bonchev–Trinajstić information content (AvgIpc) is 2.51. The van der Waals surface area contributed by atoms with Gasteiger partial charge in [-0.2, -0.15) is 5.10 Å². The van der Waals surface area contributed by atoms with Gasteiger partial charge in [-0.05, 0) is 35.2 Å². The molecule has 1 aliphatic heterocycles. The van der Waals surface area contributed by atoms with Crippen molar-refractivity contribution in [2.24, 2.45) is 0 Å². The van der Waals surface area contributed by atoms with Crippen LogP contribution in [0.5, 0.6) is 0 Å². The molecule has 0 aromatic carbocycles. The highest BCUT2D eigenvalue weighted by molar-refractivity contribution is 9.10. The molecule has 1 aliphatic rings. The molecule has 0 spiro atoms. The standard InChI is InChI=1S/C15H25BrN4O/c1-4-7-20-15(21)14(16)13(9-18-20)19-10-11(5-2)17-8-12(19)6-3/h9,11-12,17H,4-8,10H2,1-3H3. The van der Waals surface area contributed by atoms with Gasteiger partial charge >= 0.3 is 0 Å². The molecule has 2 atom stereocenters. The summed E-state index contributed by atoms with van der Waals surface area (Å²) in [7, 11) is 0. The number of piperazine rings is 1. The van der Waals surface area contributed by atoms with E-state index in [-0.39, 0.29) is 5.56 Å². The van der Waals surface area contributed by atoms with Gasteiger partial charge in [0.15, 0.2) is 0 Å². The number of aromatic nitrogens is 2. The van der Waals surface area contributed by atoms with E-state index in [0.29, 0.717) is 23.1 Å². The Labute approximate surface area is 134 Å². The molecule has 1 fully saturated rings. The lowest BCUT2D eigenvalue weighted by atomic mass is 10.0. The van der Waals surface area contributed by atoms with Crippen LogP contribution in [-0.4, -0.2) is 35.0 Å². The monoisotopic (exact) mass is 356 g/mol. The van der Waals surface area contributed by atoms with Crippen LogP contribution in [-0.2, 0) is 6.54 Å². The van der Waals surface area contributed by atoms with Crippen LogP contribution in [0.3, 0.4) is 0 Å². The first-order valence-electron chi connectivity index (χ1n) is 7.87. The molecule has 2 heterocycles. The van der Waals surface area contributed by atoms with E-state index in [2.05, 4.69) is 45.1 Å². The highest BCUT2D eigenvalue weighted by atomic mass is 79.9. The summed E-state index contributed by atoms with van der Waals surface area (Å²) >= 11 is 3.50. The maximum atomic E-state index is 12.4. The summed E-state index contributed by atoms with van der Waals surface area (Å²) in [5.74, 6) is 0. The van der Waals surface area contributed by atoms with Crippen molar-refractivity contribution in [1.29, 1.82) is 0 Å². The van der Waals surface area contributed by atoms with Crippen LogP contribution in [0, 0.1) is 0 Å². The lowest BCUT2D eigenvalue weighted by molar-refractivity contribution is 0.377. The van der Waals surface area contributed by atoms with Gasteiger partial charge in [0.2, 0.25) is 0 Å². The van der Waals surface area contributed by atoms with Crippen molar-refractivity contribution >= 4 is 21.6 Å². The smallest absolute Gasteiger partial charge is 0.283 e. The molecular formula is C15H25BrN4O. The predicted octanol–water partition coefficient (Wildman–Crippen LogP) is 2.38. The van der Waals surface area contributed by atoms with Crippen molar-refractivity contribution in [1.82, 2.24) is 15.1 Å². The Kier molecular flexibility index (Phi) is 5.81. The summed E-state index contributed by atoms with van der Waals surface area (Å²) in [4.78, 5) is 14.7. The summed E-state index contributed by atoms with van der Waals surface area (Å²) in [6, 6.07) is 0.880. The van der Waals surface area contributed by atoms with E-state index in [1.807, 2.05) is 13.1 Å². The molecular weight excluding hydrogens is 332 g/mol. The Bertz CT molecular complexity index is 531. The third-order valence-electron chi connectivity index (χ3n) is 4.18. The van der Waals surface area contributed by atoms with Gasteiger partial charge in [-0.1, -0.05) is 20.8 Å². The maximum absolute atomic E-state index is 12.4. The number of aryl methyl sites for hydroxylation is 1. The fourth-order valence-electron chi connectivity index (χ4n) is 2.82. The quantitative estimate of drug-likeness (QED) is 0.879. The number of hydrogen-bond acceptors (Lipinski definition) is 4. The molecule has 2 unspecified atom stereocenters. The molecule has 1 aromatic heterocycles. The fourth-order valence-corrected chi connectivity index (χ4v) is 3.36. The van der Waals surface area contributed by atoms with Crippen LogP contribution in [0.1, 0.15) is 40.0 Å². The van der Waals surface area contributed by atoms with Gasteiger partial charge in [-0.15, -0.1) is 0 Å². The molecule has 2 rings (SSSR count). The van der Waals surface area contributed by atoms with E-state index in [4.69, 9.17) is 0 Å². The Morgan fingerprint density at radius 2 is 2.14 bits per heavy atom. The van der Waals surface area contributed by atoms with Crippen molar-refractivity contribution in [3.05, 3.63) is 21.0 Å². The Morgan fingerprint density at radius 3 is 2.76 bits per heavy atom. The van der Waals surface area contributed by atoms with E-state index < -0.39 is 0 Å². The van der Waals surface area contributed by atoms with Crippen LogP contribution >= 0.6 is 15.9 Å². The largest absolute Gasteiger partial charge is 0.363 e. The second-order valence-corrected chi connectivity index (χ2v) is 6.39. The van der Waals surface area contributed by atoms with E-state index in [9.17, 15) is 4.79 Å². The molecule has 0 radical (unpaired) electrons. The molecule has 118 valence electrons. The van der Waals surface area contributed by atoms with Crippen molar-refractivity contribution in [3.8, 4) is 0 Å². The SMILES string of the molecule is CCCn1ncc(N2CC(CC)NCC2CC)c(Br)c1=O. The minimum Gasteiger partial charge on any atom is -0.363 e. The summed E-state index contributed by atoms with van der Waals surface area (Å²) in [6.07, 6.45) is 4.88. The highest BCUT2D eigenvalue weighted by Crippen LogP contribution is 2.26. The second-order valence-electron chi connectivity index (χ2n) is 5.60. The normalized spacial score (nSPS) is 22.6. The van der Waals surface area contributed by atoms with Gasteiger partial charge in [0.05, 0.1) is 11.9 Å². The van der Waals surface area contributed by atoms with Gasteiger partial charge in [0.1, 0.15) is 4.47 Å². The number of hydrogen-bond donors (Lipinski definition) is 1. The first-order valence-corrected chi connectivity index (χ1v) is 8.67. The fraction of sp³-hybridized carbons (Fsp3) is 0.733. The minimum absolute atomic E-state index is 0.0317. The Hall–Kier alpha value is -0.880. The van der Waals surface area contributed by atoms with Crippen LogP contribution in [0.2, 0.25) is 0 Å². The van der Waals surface area contributed by atoms with Gasteiger partial charge in [-0.25, -0.2) is 4.68 Å². The summed E-state index contributed by atoms with van der Waals surface area (Å²) in [5.41, 5.74) is 0.898. The van der Waals surface area contributed by atoms with E-state index >= 15 is 0 Å². The molecule has 0 aliphatic carbocycles. The Morgan fingerprint density at radius 1 is 1.38 bits per heavy atom. The van der Waals surface area contributed by atoms with Crippen LogP contribution in [0.4, 0.5) is 5.69 Å². The van der Waals surface area contributed by atoms with Crippen molar-refractivity contribution in [2.45, 2.75) is 58.7 Å². The number of anilines is 1. The molecule has 0 bridgehead atoms. The third-order valence-corrected chi connectivity index (χ3v) is 4.92. The van der Waals surface area contributed by atoms with Gasteiger partial charge in [0, 0.05) is 31.7 Å². The average molecular weight is 357 g/mol. The zero-order valence-corrected chi connectivity index (χ0v) is 14.7. The summed E-state index contributed by atoms with van der Waals surface area (Å²) in [5, 5.41) is 7.91. The molecule has 1 saturated heterocycles. The molecule has 5 nitrogen and oxygen atoms in total. The maximum Gasteiger partial charge on any atom is 0.283 e. The van der Waals surface area contributed by atoms with Gasteiger partial charge in [-0.3, -0.25) is 4.79 Å². The lowest BCUT2D eigenvalue weighted by Gasteiger charge is -2.41. The topological polar surface area (TPSA) is 50.2 Å². The van der Waals surface area contributed by atoms with Crippen LogP contribution < -0.4 is 15.8 Å². The van der Waals surface area contributed by atoms with Crippen LogP contribution in [0.15, 0.2) is 15.5 Å². The second kappa shape index (κ2) is 7.40. The first kappa shape index (κ1) is 16.5. The highest BCUT2D eigenvalue weighted by Gasteiger charge is 2.28. The van der Waals surface area contributed by atoms with Crippen LogP contribution in [0.25, 0.3) is 0 Å². The van der Waals surface area contributed by atoms with E-state index in [1.165, 1.54) is 4.68 Å². The van der Waals surface area contributed by atoms with E-state index in [0.717, 1.165) is 38.0 Å². The number of halogens is 1. The molecule has 1 aromatic rings. The Balaban J connectivity index is 2.34. The van der Waals surface area contributed by atoms with Crippen molar-refractivity contribution in [2.75, 3.05) is 18.0 Å². The molecule has 0 amide bonds. The molecule has 0 saturated carbocycles. The van der Waals surface area contributed by atoms with Crippen molar-refractivity contribution in [3.63, 3.8) is 0 Å².